The third-order valence-electron chi connectivity index (χ3n) is 1.94. The summed E-state index contributed by atoms with van der Waals surface area (Å²) in [6, 6.07) is 1.06. The molecule has 0 fully saturated rings. The molecule has 16 heavy (non-hydrogen) atoms. The minimum Gasteiger partial charge on any atom is -0.448 e. The second-order valence-corrected chi connectivity index (χ2v) is 10.5. The molecule has 6 heteroatoms. The molecule has 0 aromatic carbocycles. The Hall–Kier alpha value is -0.593. The van der Waals surface area contributed by atoms with Crippen molar-refractivity contribution < 1.29 is 14.6 Å². The summed E-state index contributed by atoms with van der Waals surface area (Å²) in [6.07, 6.45) is -0.357. The third-order valence-corrected chi connectivity index (χ3v) is 3.69. The maximum atomic E-state index is 11.2. The van der Waals surface area contributed by atoms with Crippen molar-refractivity contribution in [3.8, 4) is 0 Å². The van der Waals surface area contributed by atoms with Crippen molar-refractivity contribution in [2.24, 2.45) is 0 Å². The molecule has 0 aliphatic rings. The van der Waals surface area contributed by atoms with E-state index in [1.165, 1.54) is 0 Å². The number of nitrogens with one attached hydrogen (secondary N) is 2. The number of aliphatic hydroxyl groups excluding tert-OH is 1. The SMILES string of the molecule is C[Si](C)(C)CCNC(=O)OCCNCCO. The van der Waals surface area contributed by atoms with E-state index in [-0.39, 0.29) is 12.7 Å². The van der Waals surface area contributed by atoms with Crippen LogP contribution in [0.2, 0.25) is 25.7 Å². The molecule has 0 aromatic heterocycles. The van der Waals surface area contributed by atoms with Gasteiger partial charge in [-0.25, -0.2) is 4.79 Å². The van der Waals surface area contributed by atoms with Crippen LogP contribution in [-0.4, -0.2) is 52.1 Å². The average Bonchev–Trinajstić information content (AvgIpc) is 2.15. The van der Waals surface area contributed by atoms with E-state index in [0.717, 1.165) is 6.04 Å². The van der Waals surface area contributed by atoms with Gasteiger partial charge in [0.05, 0.1) is 6.61 Å². The van der Waals surface area contributed by atoms with Crippen molar-refractivity contribution in [3.05, 3.63) is 0 Å². The molecule has 1 amide bonds. The average molecular weight is 248 g/mol. The lowest BCUT2D eigenvalue weighted by Gasteiger charge is -2.15. The minimum absolute atomic E-state index is 0.0996. The second kappa shape index (κ2) is 8.55. The predicted octanol–water partition coefficient (Wildman–Crippen LogP) is 0.633. The summed E-state index contributed by atoms with van der Waals surface area (Å²) < 4.78 is 4.92. The number of alkyl carbamates (subject to hydrolysis) is 1. The van der Waals surface area contributed by atoms with Crippen molar-refractivity contribution in [3.63, 3.8) is 0 Å². The Morgan fingerprint density at radius 2 is 1.94 bits per heavy atom. The van der Waals surface area contributed by atoms with Crippen LogP contribution in [0, 0.1) is 0 Å². The number of amides is 1. The van der Waals surface area contributed by atoms with E-state index < -0.39 is 8.07 Å². The Labute approximate surface area is 98.6 Å². The van der Waals surface area contributed by atoms with E-state index >= 15 is 0 Å². The van der Waals surface area contributed by atoms with Gasteiger partial charge in [-0.2, -0.15) is 0 Å². The highest BCUT2D eigenvalue weighted by Gasteiger charge is 2.12. The number of aliphatic hydroxyl groups is 1. The van der Waals surface area contributed by atoms with Crippen LogP contribution in [0.15, 0.2) is 0 Å². The normalized spacial score (nSPS) is 11.2. The molecule has 0 spiro atoms. The Balaban J connectivity index is 3.32. The van der Waals surface area contributed by atoms with Crippen molar-refractivity contribution in [1.82, 2.24) is 10.6 Å². The third kappa shape index (κ3) is 11.5. The van der Waals surface area contributed by atoms with Gasteiger partial charge < -0.3 is 20.5 Å². The topological polar surface area (TPSA) is 70.6 Å². The molecule has 3 N–H and O–H groups in total. The highest BCUT2D eigenvalue weighted by Crippen LogP contribution is 2.05. The Bertz CT molecular complexity index is 195. The maximum absolute atomic E-state index is 11.2. The molecule has 5 nitrogen and oxygen atoms in total. The minimum atomic E-state index is -1.08. The Kier molecular flexibility index (Phi) is 8.23. The van der Waals surface area contributed by atoms with Gasteiger partial charge >= 0.3 is 6.09 Å². The van der Waals surface area contributed by atoms with Gasteiger partial charge in [0.15, 0.2) is 0 Å². The van der Waals surface area contributed by atoms with Crippen molar-refractivity contribution in [2.45, 2.75) is 25.7 Å². The molecule has 0 rings (SSSR count). The summed E-state index contributed by atoms with van der Waals surface area (Å²) in [5.74, 6) is 0. The zero-order chi connectivity index (χ0) is 12.4. The van der Waals surface area contributed by atoms with Gasteiger partial charge in [-0.1, -0.05) is 19.6 Å². The van der Waals surface area contributed by atoms with Crippen molar-refractivity contribution in [1.29, 1.82) is 0 Å². The lowest BCUT2D eigenvalue weighted by molar-refractivity contribution is 0.146. The number of hydrogen-bond acceptors (Lipinski definition) is 4. The van der Waals surface area contributed by atoms with Crippen molar-refractivity contribution in [2.75, 3.05) is 32.8 Å². The van der Waals surface area contributed by atoms with Crippen LogP contribution in [-0.2, 0) is 4.74 Å². The summed E-state index contributed by atoms with van der Waals surface area (Å²) in [5, 5.41) is 14.1. The van der Waals surface area contributed by atoms with Crippen LogP contribution in [0.4, 0.5) is 4.79 Å². The van der Waals surface area contributed by atoms with Gasteiger partial charge in [0.2, 0.25) is 0 Å². The quantitative estimate of drug-likeness (QED) is 0.435. The molecule has 0 radical (unpaired) electrons. The largest absolute Gasteiger partial charge is 0.448 e. The molecular weight excluding hydrogens is 224 g/mol. The van der Waals surface area contributed by atoms with Crippen LogP contribution in [0.25, 0.3) is 0 Å². The van der Waals surface area contributed by atoms with Crippen LogP contribution in [0.5, 0.6) is 0 Å². The Morgan fingerprint density at radius 1 is 1.25 bits per heavy atom. The van der Waals surface area contributed by atoms with E-state index in [0.29, 0.717) is 26.2 Å². The van der Waals surface area contributed by atoms with E-state index in [1.807, 2.05) is 0 Å². The van der Waals surface area contributed by atoms with Gasteiger partial charge in [-0.15, -0.1) is 0 Å². The molecule has 0 saturated carbocycles. The van der Waals surface area contributed by atoms with Gasteiger partial charge in [0, 0.05) is 27.7 Å². The fourth-order valence-electron chi connectivity index (χ4n) is 1.01. The standard InChI is InChI=1S/C10H24N2O3Si/c1-16(2,3)9-6-12-10(14)15-8-5-11-4-7-13/h11,13H,4-9H2,1-3H3,(H,12,14). The molecule has 0 atom stereocenters. The zero-order valence-electron chi connectivity index (χ0n) is 10.5. The summed E-state index contributed by atoms with van der Waals surface area (Å²) in [6.45, 7) is 9.01. The smallest absolute Gasteiger partial charge is 0.407 e. The molecule has 0 aliphatic heterocycles. The fourth-order valence-corrected chi connectivity index (χ4v) is 1.89. The van der Waals surface area contributed by atoms with Crippen LogP contribution >= 0.6 is 0 Å². The van der Waals surface area contributed by atoms with Crippen LogP contribution < -0.4 is 10.6 Å². The monoisotopic (exact) mass is 248 g/mol. The number of hydrogen-bond donors (Lipinski definition) is 3. The first kappa shape index (κ1) is 15.4. The molecule has 96 valence electrons. The summed E-state index contributed by atoms with van der Waals surface area (Å²) >= 11 is 0. The first-order valence-corrected chi connectivity index (χ1v) is 9.38. The van der Waals surface area contributed by atoms with Crippen LogP contribution in [0.3, 0.4) is 0 Å². The lowest BCUT2D eigenvalue weighted by Crippen LogP contribution is -2.33. The molecule has 0 heterocycles. The summed E-state index contributed by atoms with van der Waals surface area (Å²) in [7, 11) is -1.08. The first-order chi connectivity index (χ1) is 7.45. The van der Waals surface area contributed by atoms with Gasteiger partial charge in [0.25, 0.3) is 0 Å². The summed E-state index contributed by atoms with van der Waals surface area (Å²) in [5.41, 5.74) is 0. The van der Waals surface area contributed by atoms with Gasteiger partial charge in [-0.3, -0.25) is 0 Å². The Morgan fingerprint density at radius 3 is 2.50 bits per heavy atom. The molecular formula is C10H24N2O3Si. The van der Waals surface area contributed by atoms with Gasteiger partial charge in [-0.05, 0) is 6.04 Å². The van der Waals surface area contributed by atoms with E-state index in [1.54, 1.807) is 0 Å². The van der Waals surface area contributed by atoms with Gasteiger partial charge in [0.1, 0.15) is 6.61 Å². The predicted molar refractivity (Wildman–Crippen MR) is 67.5 cm³/mol. The number of carbonyl (C=O) groups excluding carboxylic acids is 1. The fraction of sp³-hybridized carbons (Fsp3) is 0.900. The van der Waals surface area contributed by atoms with Crippen molar-refractivity contribution >= 4 is 14.2 Å². The molecule has 0 bridgehead atoms. The highest BCUT2D eigenvalue weighted by atomic mass is 28.3. The maximum Gasteiger partial charge on any atom is 0.407 e. The van der Waals surface area contributed by atoms with E-state index in [2.05, 4.69) is 30.3 Å². The zero-order valence-corrected chi connectivity index (χ0v) is 11.5. The van der Waals surface area contributed by atoms with E-state index in [9.17, 15) is 4.79 Å². The second-order valence-electron chi connectivity index (χ2n) is 4.85. The molecule has 0 unspecified atom stereocenters. The number of carbonyl (C=O) groups is 1. The number of rotatable bonds is 8. The highest BCUT2D eigenvalue weighted by molar-refractivity contribution is 6.76. The first-order valence-electron chi connectivity index (χ1n) is 5.68. The molecule has 0 aliphatic carbocycles. The summed E-state index contributed by atoms with van der Waals surface area (Å²) in [4.78, 5) is 11.2. The van der Waals surface area contributed by atoms with Crippen LogP contribution in [0.1, 0.15) is 0 Å². The molecule has 0 aromatic rings. The number of ether oxygens (including phenoxy) is 1. The molecule has 0 saturated heterocycles. The van der Waals surface area contributed by atoms with E-state index in [4.69, 9.17) is 9.84 Å². The lowest BCUT2D eigenvalue weighted by atomic mass is 10.6.